The minimum Gasteiger partial charge on any atom is -0.393 e. The maximum Gasteiger partial charge on any atom is 0.315 e. The largest absolute Gasteiger partial charge is 0.393 e. The average molecular weight is 283 g/mol. The SMILES string of the molecule is O=C(NCc1ccc(Cl)cc1)NC1CCCC(O)C1. The molecule has 2 atom stereocenters. The Morgan fingerprint density at radius 3 is 2.74 bits per heavy atom. The van der Waals surface area contributed by atoms with Gasteiger partial charge in [-0.1, -0.05) is 23.7 Å². The van der Waals surface area contributed by atoms with Crippen LogP contribution in [0.15, 0.2) is 24.3 Å². The molecule has 2 unspecified atom stereocenters. The van der Waals surface area contributed by atoms with Gasteiger partial charge in [0.1, 0.15) is 0 Å². The van der Waals surface area contributed by atoms with E-state index in [-0.39, 0.29) is 18.2 Å². The minimum absolute atomic E-state index is 0.0777. The molecular weight excluding hydrogens is 264 g/mol. The fourth-order valence-electron chi connectivity index (χ4n) is 2.32. The predicted octanol–water partition coefficient (Wildman–Crippen LogP) is 2.44. The van der Waals surface area contributed by atoms with E-state index >= 15 is 0 Å². The molecule has 104 valence electrons. The van der Waals surface area contributed by atoms with Gasteiger partial charge in [0.2, 0.25) is 0 Å². The van der Waals surface area contributed by atoms with E-state index in [1.807, 2.05) is 12.1 Å². The summed E-state index contributed by atoms with van der Waals surface area (Å²) in [5.41, 5.74) is 1.00. The number of rotatable bonds is 3. The number of aliphatic hydroxyl groups is 1. The highest BCUT2D eigenvalue weighted by atomic mass is 35.5. The van der Waals surface area contributed by atoms with Crippen molar-refractivity contribution in [2.75, 3.05) is 0 Å². The average Bonchev–Trinajstić information content (AvgIpc) is 2.38. The van der Waals surface area contributed by atoms with Crippen molar-refractivity contribution >= 4 is 17.6 Å². The van der Waals surface area contributed by atoms with Crippen LogP contribution in [0.1, 0.15) is 31.2 Å². The summed E-state index contributed by atoms with van der Waals surface area (Å²) in [6.45, 7) is 0.471. The molecule has 1 aliphatic carbocycles. The van der Waals surface area contributed by atoms with Gasteiger partial charge in [-0.3, -0.25) is 0 Å². The van der Waals surface area contributed by atoms with Gasteiger partial charge in [0, 0.05) is 17.6 Å². The van der Waals surface area contributed by atoms with Gasteiger partial charge in [-0.2, -0.15) is 0 Å². The molecular formula is C14H19ClN2O2. The molecule has 0 heterocycles. The van der Waals surface area contributed by atoms with Crippen molar-refractivity contribution < 1.29 is 9.90 Å². The zero-order valence-electron chi connectivity index (χ0n) is 10.7. The number of aliphatic hydroxyl groups excluding tert-OH is 1. The molecule has 1 aromatic rings. The summed E-state index contributed by atoms with van der Waals surface area (Å²) in [6, 6.07) is 7.25. The Kier molecular flexibility index (Phi) is 5.05. The molecule has 19 heavy (non-hydrogen) atoms. The molecule has 0 spiro atoms. The summed E-state index contributed by atoms with van der Waals surface area (Å²) in [5.74, 6) is 0. The molecule has 0 saturated heterocycles. The molecule has 5 heteroatoms. The van der Waals surface area contributed by atoms with E-state index in [0.717, 1.165) is 24.8 Å². The normalized spacial score (nSPS) is 22.8. The summed E-state index contributed by atoms with van der Waals surface area (Å²) >= 11 is 5.79. The number of nitrogens with one attached hydrogen (secondary N) is 2. The minimum atomic E-state index is -0.282. The van der Waals surface area contributed by atoms with Crippen LogP contribution in [0.4, 0.5) is 4.79 Å². The quantitative estimate of drug-likeness (QED) is 0.797. The smallest absolute Gasteiger partial charge is 0.315 e. The molecule has 1 aromatic carbocycles. The number of carbonyl (C=O) groups excluding carboxylic acids is 1. The van der Waals surface area contributed by atoms with E-state index < -0.39 is 0 Å². The van der Waals surface area contributed by atoms with Crippen LogP contribution >= 0.6 is 11.6 Å². The van der Waals surface area contributed by atoms with Crippen LogP contribution < -0.4 is 10.6 Å². The Morgan fingerprint density at radius 2 is 2.05 bits per heavy atom. The lowest BCUT2D eigenvalue weighted by Crippen LogP contribution is -2.44. The van der Waals surface area contributed by atoms with Crippen LogP contribution in [0.3, 0.4) is 0 Å². The summed E-state index contributed by atoms with van der Waals surface area (Å²) in [6.07, 6.45) is 3.10. The first-order valence-electron chi connectivity index (χ1n) is 6.60. The number of urea groups is 1. The fraction of sp³-hybridized carbons (Fsp3) is 0.500. The number of carbonyl (C=O) groups is 1. The lowest BCUT2D eigenvalue weighted by molar-refractivity contribution is 0.113. The number of amides is 2. The van der Waals surface area contributed by atoms with Gasteiger partial charge >= 0.3 is 6.03 Å². The Labute approximate surface area is 118 Å². The van der Waals surface area contributed by atoms with Gasteiger partial charge in [0.15, 0.2) is 0 Å². The van der Waals surface area contributed by atoms with Crippen LogP contribution in [0.5, 0.6) is 0 Å². The molecule has 1 aliphatic rings. The number of hydrogen-bond acceptors (Lipinski definition) is 2. The van der Waals surface area contributed by atoms with Crippen LogP contribution in [-0.4, -0.2) is 23.3 Å². The fourth-order valence-corrected chi connectivity index (χ4v) is 2.44. The number of hydrogen-bond donors (Lipinski definition) is 3. The van der Waals surface area contributed by atoms with Gasteiger partial charge in [-0.15, -0.1) is 0 Å². The van der Waals surface area contributed by atoms with Gasteiger partial charge in [-0.25, -0.2) is 4.79 Å². The molecule has 4 nitrogen and oxygen atoms in total. The van der Waals surface area contributed by atoms with Crippen LogP contribution in [0, 0.1) is 0 Å². The Bertz CT molecular complexity index is 422. The first kappa shape index (κ1) is 14.2. The molecule has 2 rings (SSSR count). The molecule has 3 N–H and O–H groups in total. The second kappa shape index (κ2) is 6.78. The van der Waals surface area contributed by atoms with Crippen molar-refractivity contribution in [1.82, 2.24) is 10.6 Å². The standard InChI is InChI=1S/C14H19ClN2O2/c15-11-6-4-10(5-7-11)9-16-14(19)17-12-2-1-3-13(18)8-12/h4-7,12-13,18H,1-3,8-9H2,(H2,16,17,19). The van der Waals surface area contributed by atoms with Gasteiger partial charge in [0.25, 0.3) is 0 Å². The van der Waals surface area contributed by atoms with E-state index in [4.69, 9.17) is 11.6 Å². The van der Waals surface area contributed by atoms with E-state index in [9.17, 15) is 9.90 Å². The van der Waals surface area contributed by atoms with Crippen molar-refractivity contribution in [3.63, 3.8) is 0 Å². The van der Waals surface area contributed by atoms with Crippen LogP contribution in [0.25, 0.3) is 0 Å². The summed E-state index contributed by atoms with van der Waals surface area (Å²) in [5, 5.41) is 15.9. The Hall–Kier alpha value is -1.26. The summed E-state index contributed by atoms with van der Waals surface area (Å²) in [4.78, 5) is 11.7. The predicted molar refractivity (Wildman–Crippen MR) is 75.1 cm³/mol. The molecule has 0 aromatic heterocycles. The van der Waals surface area contributed by atoms with E-state index in [1.165, 1.54) is 0 Å². The number of halogens is 1. The van der Waals surface area contributed by atoms with Crippen molar-refractivity contribution in [1.29, 1.82) is 0 Å². The highest BCUT2D eigenvalue weighted by Crippen LogP contribution is 2.18. The first-order valence-corrected chi connectivity index (χ1v) is 6.98. The second-order valence-corrected chi connectivity index (χ2v) is 5.41. The van der Waals surface area contributed by atoms with E-state index in [1.54, 1.807) is 12.1 Å². The Morgan fingerprint density at radius 1 is 1.32 bits per heavy atom. The monoisotopic (exact) mass is 282 g/mol. The maximum atomic E-state index is 11.7. The second-order valence-electron chi connectivity index (χ2n) is 4.97. The van der Waals surface area contributed by atoms with Gasteiger partial charge in [-0.05, 0) is 43.4 Å². The molecule has 0 radical (unpaired) electrons. The highest BCUT2D eigenvalue weighted by Gasteiger charge is 2.21. The zero-order chi connectivity index (χ0) is 13.7. The third-order valence-electron chi connectivity index (χ3n) is 3.35. The van der Waals surface area contributed by atoms with Crippen molar-refractivity contribution in [3.8, 4) is 0 Å². The van der Waals surface area contributed by atoms with Crippen molar-refractivity contribution in [3.05, 3.63) is 34.9 Å². The molecule has 1 saturated carbocycles. The first-order chi connectivity index (χ1) is 9.13. The topological polar surface area (TPSA) is 61.4 Å². The maximum absolute atomic E-state index is 11.7. The van der Waals surface area contributed by atoms with Gasteiger partial charge in [0.05, 0.1) is 6.10 Å². The lowest BCUT2D eigenvalue weighted by atomic mass is 9.93. The zero-order valence-corrected chi connectivity index (χ0v) is 11.5. The number of benzene rings is 1. The lowest BCUT2D eigenvalue weighted by Gasteiger charge is -2.26. The summed E-state index contributed by atoms with van der Waals surface area (Å²) < 4.78 is 0. The van der Waals surface area contributed by atoms with Crippen LogP contribution in [-0.2, 0) is 6.54 Å². The molecule has 1 fully saturated rings. The molecule has 0 bridgehead atoms. The van der Waals surface area contributed by atoms with Crippen molar-refractivity contribution in [2.45, 2.75) is 44.4 Å². The molecule has 0 aliphatic heterocycles. The van der Waals surface area contributed by atoms with Crippen molar-refractivity contribution in [2.24, 2.45) is 0 Å². The van der Waals surface area contributed by atoms with Gasteiger partial charge < -0.3 is 15.7 Å². The third kappa shape index (κ3) is 4.73. The van der Waals surface area contributed by atoms with E-state index in [0.29, 0.717) is 18.0 Å². The van der Waals surface area contributed by atoms with Crippen LogP contribution in [0.2, 0.25) is 5.02 Å². The third-order valence-corrected chi connectivity index (χ3v) is 3.60. The highest BCUT2D eigenvalue weighted by molar-refractivity contribution is 6.30. The Balaban J connectivity index is 1.73. The summed E-state index contributed by atoms with van der Waals surface area (Å²) in [7, 11) is 0. The molecule has 2 amide bonds. The van der Waals surface area contributed by atoms with E-state index in [2.05, 4.69) is 10.6 Å².